The minimum Gasteiger partial charge on any atom is -0.353 e. The van der Waals surface area contributed by atoms with E-state index in [1.807, 2.05) is 24.3 Å². The summed E-state index contributed by atoms with van der Waals surface area (Å²) in [6, 6.07) is 8.15. The number of carbonyl (C=O) groups excluding carboxylic acids is 1. The first-order valence-electron chi connectivity index (χ1n) is 7.17. The molecule has 0 bridgehead atoms. The molecule has 3 N–H and O–H groups in total. The molecule has 0 aliphatic rings. The zero-order valence-electron chi connectivity index (χ0n) is 12.3. The van der Waals surface area contributed by atoms with Gasteiger partial charge in [0.15, 0.2) is 0 Å². The van der Waals surface area contributed by atoms with Gasteiger partial charge in [-0.15, -0.1) is 0 Å². The molecule has 106 valence electrons. The van der Waals surface area contributed by atoms with Crippen molar-refractivity contribution in [1.82, 2.24) is 5.32 Å². The largest absolute Gasteiger partial charge is 0.353 e. The summed E-state index contributed by atoms with van der Waals surface area (Å²) in [5, 5.41) is 3.10. The maximum absolute atomic E-state index is 12.0. The third-order valence-corrected chi connectivity index (χ3v) is 3.77. The molecule has 0 heterocycles. The highest BCUT2D eigenvalue weighted by atomic mass is 16.1. The number of nitrogens with one attached hydrogen (secondary N) is 1. The number of benzene rings is 1. The summed E-state index contributed by atoms with van der Waals surface area (Å²) < 4.78 is 0. The van der Waals surface area contributed by atoms with Crippen molar-refractivity contribution in [3.05, 3.63) is 35.4 Å². The second kappa shape index (κ2) is 7.95. The van der Waals surface area contributed by atoms with Gasteiger partial charge in [0.05, 0.1) is 6.42 Å². The van der Waals surface area contributed by atoms with Crippen molar-refractivity contribution in [1.29, 1.82) is 0 Å². The Morgan fingerprint density at radius 2 is 1.68 bits per heavy atom. The van der Waals surface area contributed by atoms with E-state index in [9.17, 15) is 4.79 Å². The Balaban J connectivity index is 2.50. The zero-order chi connectivity index (χ0) is 14.3. The zero-order valence-corrected chi connectivity index (χ0v) is 12.3. The molecule has 0 fully saturated rings. The molecule has 19 heavy (non-hydrogen) atoms. The highest BCUT2D eigenvalue weighted by Crippen LogP contribution is 2.13. The van der Waals surface area contributed by atoms with Crippen molar-refractivity contribution >= 4 is 5.91 Å². The second-order valence-electron chi connectivity index (χ2n) is 5.13. The van der Waals surface area contributed by atoms with Gasteiger partial charge in [0, 0.05) is 12.6 Å². The van der Waals surface area contributed by atoms with E-state index in [-0.39, 0.29) is 11.9 Å². The molecular formula is C16H26N2O. The number of hydrogen-bond donors (Lipinski definition) is 2. The highest BCUT2D eigenvalue weighted by molar-refractivity contribution is 5.78. The molecule has 0 radical (unpaired) electrons. The standard InChI is InChI=1S/C16H26N2O/c1-4-15(5-2)12(3)18-16(19)10-13-6-8-14(11-17)9-7-13/h6-9,12,15H,4-5,10-11,17H2,1-3H3,(H,18,19). The molecule has 1 atom stereocenters. The first-order valence-corrected chi connectivity index (χ1v) is 7.17. The van der Waals surface area contributed by atoms with Crippen LogP contribution in [0.4, 0.5) is 0 Å². The molecule has 0 aliphatic heterocycles. The van der Waals surface area contributed by atoms with E-state index in [1.165, 1.54) is 0 Å². The van der Waals surface area contributed by atoms with E-state index < -0.39 is 0 Å². The monoisotopic (exact) mass is 262 g/mol. The molecule has 1 unspecified atom stereocenters. The van der Waals surface area contributed by atoms with Gasteiger partial charge in [-0.05, 0) is 24.0 Å². The molecule has 0 aromatic heterocycles. The average molecular weight is 262 g/mol. The Bertz CT molecular complexity index is 382. The van der Waals surface area contributed by atoms with Crippen LogP contribution >= 0.6 is 0 Å². The number of rotatable bonds is 7. The van der Waals surface area contributed by atoms with Gasteiger partial charge in [0.1, 0.15) is 0 Å². The molecule has 0 aliphatic carbocycles. The van der Waals surface area contributed by atoms with Crippen LogP contribution in [-0.4, -0.2) is 11.9 Å². The van der Waals surface area contributed by atoms with Crippen LogP contribution in [-0.2, 0) is 17.8 Å². The average Bonchev–Trinajstić information content (AvgIpc) is 2.40. The van der Waals surface area contributed by atoms with Crippen molar-refractivity contribution in [2.45, 2.75) is 52.6 Å². The highest BCUT2D eigenvalue weighted by Gasteiger charge is 2.15. The molecular weight excluding hydrogens is 236 g/mol. The molecule has 1 amide bonds. The van der Waals surface area contributed by atoms with Crippen LogP contribution in [0.5, 0.6) is 0 Å². The Morgan fingerprint density at radius 1 is 1.16 bits per heavy atom. The van der Waals surface area contributed by atoms with Gasteiger partial charge in [0.25, 0.3) is 0 Å². The first-order chi connectivity index (χ1) is 9.10. The minimum absolute atomic E-state index is 0.0971. The van der Waals surface area contributed by atoms with Crippen LogP contribution in [0.25, 0.3) is 0 Å². The normalized spacial score (nSPS) is 12.5. The summed E-state index contributed by atoms with van der Waals surface area (Å²) in [6.45, 7) is 6.97. The lowest BCUT2D eigenvalue weighted by atomic mass is 9.95. The Morgan fingerprint density at radius 3 is 2.16 bits per heavy atom. The van der Waals surface area contributed by atoms with Gasteiger partial charge in [-0.25, -0.2) is 0 Å². The smallest absolute Gasteiger partial charge is 0.224 e. The number of carbonyl (C=O) groups is 1. The maximum Gasteiger partial charge on any atom is 0.224 e. The SMILES string of the molecule is CCC(CC)C(C)NC(=O)Cc1ccc(CN)cc1. The van der Waals surface area contributed by atoms with Crippen LogP contribution in [0.2, 0.25) is 0 Å². The quantitative estimate of drug-likeness (QED) is 0.793. The topological polar surface area (TPSA) is 55.1 Å². The van der Waals surface area contributed by atoms with Crippen molar-refractivity contribution in [3.63, 3.8) is 0 Å². The molecule has 0 saturated carbocycles. The third kappa shape index (κ3) is 5.03. The number of amides is 1. The fourth-order valence-electron chi connectivity index (χ4n) is 2.40. The summed E-state index contributed by atoms with van der Waals surface area (Å²) in [7, 11) is 0. The van der Waals surface area contributed by atoms with Gasteiger partial charge in [-0.1, -0.05) is 51.0 Å². The lowest BCUT2D eigenvalue weighted by Gasteiger charge is -2.22. The van der Waals surface area contributed by atoms with E-state index in [0.717, 1.165) is 24.0 Å². The van der Waals surface area contributed by atoms with Gasteiger partial charge in [0.2, 0.25) is 5.91 Å². The lowest BCUT2D eigenvalue weighted by molar-refractivity contribution is -0.121. The third-order valence-electron chi connectivity index (χ3n) is 3.77. The predicted octanol–water partition coefficient (Wildman–Crippen LogP) is 2.63. The first kappa shape index (κ1) is 15.7. The molecule has 3 nitrogen and oxygen atoms in total. The predicted molar refractivity (Wildman–Crippen MR) is 79.7 cm³/mol. The van der Waals surface area contributed by atoms with Crippen LogP contribution in [0.15, 0.2) is 24.3 Å². The van der Waals surface area contributed by atoms with E-state index >= 15 is 0 Å². The molecule has 1 aromatic rings. The summed E-state index contributed by atoms with van der Waals surface area (Å²) in [6.07, 6.45) is 2.64. The number of nitrogens with two attached hydrogens (primary N) is 1. The van der Waals surface area contributed by atoms with Gasteiger partial charge in [-0.3, -0.25) is 4.79 Å². The van der Waals surface area contributed by atoms with Crippen LogP contribution < -0.4 is 11.1 Å². The summed E-state index contributed by atoms with van der Waals surface area (Å²) in [5.41, 5.74) is 7.68. The Hall–Kier alpha value is -1.35. The summed E-state index contributed by atoms with van der Waals surface area (Å²) in [5.74, 6) is 0.656. The number of hydrogen-bond acceptors (Lipinski definition) is 2. The fraction of sp³-hybridized carbons (Fsp3) is 0.562. The van der Waals surface area contributed by atoms with Gasteiger partial charge < -0.3 is 11.1 Å². The van der Waals surface area contributed by atoms with E-state index in [0.29, 0.717) is 18.9 Å². The van der Waals surface area contributed by atoms with Crippen LogP contribution in [0, 0.1) is 5.92 Å². The second-order valence-corrected chi connectivity index (χ2v) is 5.13. The maximum atomic E-state index is 12.0. The van der Waals surface area contributed by atoms with Crippen LogP contribution in [0.1, 0.15) is 44.7 Å². The van der Waals surface area contributed by atoms with E-state index in [4.69, 9.17) is 5.73 Å². The lowest BCUT2D eigenvalue weighted by Crippen LogP contribution is -2.38. The Labute approximate surface area is 116 Å². The molecule has 0 spiro atoms. The van der Waals surface area contributed by atoms with Crippen molar-refractivity contribution in [2.24, 2.45) is 11.7 Å². The Kier molecular flexibility index (Phi) is 6.57. The molecule has 3 heteroatoms. The molecule has 1 rings (SSSR count). The fourth-order valence-corrected chi connectivity index (χ4v) is 2.40. The molecule has 1 aromatic carbocycles. The van der Waals surface area contributed by atoms with Crippen molar-refractivity contribution < 1.29 is 4.79 Å². The van der Waals surface area contributed by atoms with Gasteiger partial charge >= 0.3 is 0 Å². The van der Waals surface area contributed by atoms with E-state index in [1.54, 1.807) is 0 Å². The van der Waals surface area contributed by atoms with Gasteiger partial charge in [-0.2, -0.15) is 0 Å². The van der Waals surface area contributed by atoms with E-state index in [2.05, 4.69) is 26.1 Å². The molecule has 0 saturated heterocycles. The van der Waals surface area contributed by atoms with Crippen molar-refractivity contribution in [2.75, 3.05) is 0 Å². The summed E-state index contributed by atoms with van der Waals surface area (Å²) >= 11 is 0. The minimum atomic E-state index is 0.0971. The van der Waals surface area contributed by atoms with Crippen LogP contribution in [0.3, 0.4) is 0 Å². The summed E-state index contributed by atoms with van der Waals surface area (Å²) in [4.78, 5) is 12.0. The van der Waals surface area contributed by atoms with Crippen molar-refractivity contribution in [3.8, 4) is 0 Å².